The monoisotopic (exact) mass is 240 g/mol. The Kier molecular flexibility index (Phi) is 2.92. The number of aromatic carboxylic acids is 1. The standard InChI is InChI=1S/C11H13ClN2O2/c12-9-4-7(13)3-8(11(15)16)10(9)14-5-6-1-2-6/h3-4,6,14H,1-2,5,13H2,(H,15,16). The van der Waals surface area contributed by atoms with Crippen molar-refractivity contribution < 1.29 is 9.90 Å². The molecule has 1 fully saturated rings. The van der Waals surface area contributed by atoms with Gasteiger partial charge in [-0.15, -0.1) is 0 Å². The van der Waals surface area contributed by atoms with Crippen LogP contribution in [0.5, 0.6) is 0 Å². The van der Waals surface area contributed by atoms with E-state index in [1.807, 2.05) is 0 Å². The predicted octanol–water partition coefficient (Wildman–Crippen LogP) is 2.44. The zero-order valence-electron chi connectivity index (χ0n) is 8.66. The molecule has 1 aromatic carbocycles. The molecule has 0 bridgehead atoms. The van der Waals surface area contributed by atoms with E-state index < -0.39 is 5.97 Å². The summed E-state index contributed by atoms with van der Waals surface area (Å²) in [4.78, 5) is 11.0. The number of nitrogens with one attached hydrogen (secondary N) is 1. The molecule has 1 aromatic rings. The first kappa shape index (κ1) is 11.1. The smallest absolute Gasteiger partial charge is 0.337 e. The molecule has 86 valence electrons. The highest BCUT2D eigenvalue weighted by Gasteiger charge is 2.22. The number of hydrogen-bond acceptors (Lipinski definition) is 3. The Hall–Kier alpha value is -1.42. The highest BCUT2D eigenvalue weighted by Crippen LogP contribution is 2.33. The van der Waals surface area contributed by atoms with Crippen LogP contribution in [0.3, 0.4) is 0 Å². The van der Waals surface area contributed by atoms with Gasteiger partial charge in [0.15, 0.2) is 0 Å². The van der Waals surface area contributed by atoms with Gasteiger partial charge in [0.25, 0.3) is 0 Å². The molecule has 0 aliphatic heterocycles. The van der Waals surface area contributed by atoms with Gasteiger partial charge >= 0.3 is 5.97 Å². The number of benzene rings is 1. The summed E-state index contributed by atoms with van der Waals surface area (Å²) in [6, 6.07) is 2.98. The maximum Gasteiger partial charge on any atom is 0.337 e. The fourth-order valence-electron chi connectivity index (χ4n) is 1.54. The summed E-state index contributed by atoms with van der Waals surface area (Å²) in [6.07, 6.45) is 2.39. The summed E-state index contributed by atoms with van der Waals surface area (Å²) in [5, 5.41) is 12.5. The van der Waals surface area contributed by atoms with Crippen LogP contribution in [-0.4, -0.2) is 17.6 Å². The maximum atomic E-state index is 11.0. The first-order chi connectivity index (χ1) is 7.58. The molecule has 0 heterocycles. The average Bonchev–Trinajstić information content (AvgIpc) is 2.98. The molecular weight excluding hydrogens is 228 g/mol. The molecule has 0 amide bonds. The van der Waals surface area contributed by atoms with Crippen LogP contribution in [0, 0.1) is 5.92 Å². The van der Waals surface area contributed by atoms with Gasteiger partial charge in [-0.05, 0) is 30.9 Å². The van der Waals surface area contributed by atoms with E-state index in [-0.39, 0.29) is 5.56 Å². The summed E-state index contributed by atoms with van der Waals surface area (Å²) in [5.74, 6) is -0.372. The summed E-state index contributed by atoms with van der Waals surface area (Å²) in [7, 11) is 0. The number of anilines is 2. The van der Waals surface area contributed by atoms with Crippen molar-refractivity contribution in [3.8, 4) is 0 Å². The van der Waals surface area contributed by atoms with Gasteiger partial charge < -0.3 is 16.2 Å². The Balaban J connectivity index is 2.27. The highest BCUT2D eigenvalue weighted by molar-refractivity contribution is 6.34. The molecule has 0 aromatic heterocycles. The molecular formula is C11H13ClN2O2. The van der Waals surface area contributed by atoms with Crippen LogP contribution in [0.4, 0.5) is 11.4 Å². The van der Waals surface area contributed by atoms with Crippen molar-refractivity contribution in [2.75, 3.05) is 17.6 Å². The van der Waals surface area contributed by atoms with Crippen molar-refractivity contribution in [2.24, 2.45) is 5.92 Å². The van der Waals surface area contributed by atoms with E-state index in [1.54, 1.807) is 6.07 Å². The molecule has 16 heavy (non-hydrogen) atoms. The Morgan fingerprint density at radius 2 is 2.25 bits per heavy atom. The molecule has 5 heteroatoms. The zero-order chi connectivity index (χ0) is 11.7. The summed E-state index contributed by atoms with van der Waals surface area (Å²) in [5.41, 5.74) is 6.52. The van der Waals surface area contributed by atoms with Gasteiger partial charge in [-0.3, -0.25) is 0 Å². The second-order valence-corrected chi connectivity index (χ2v) is 4.46. The fraction of sp³-hybridized carbons (Fsp3) is 0.364. The third-order valence-corrected chi connectivity index (χ3v) is 2.91. The Morgan fingerprint density at radius 1 is 1.56 bits per heavy atom. The number of hydrogen-bond donors (Lipinski definition) is 3. The number of carboxylic acids is 1. The van der Waals surface area contributed by atoms with Gasteiger partial charge in [0.1, 0.15) is 0 Å². The number of halogens is 1. The number of carboxylic acid groups (broad SMARTS) is 1. The van der Waals surface area contributed by atoms with Crippen molar-refractivity contribution in [1.82, 2.24) is 0 Å². The van der Waals surface area contributed by atoms with Crippen LogP contribution in [-0.2, 0) is 0 Å². The third kappa shape index (κ3) is 2.39. The fourth-order valence-corrected chi connectivity index (χ4v) is 1.84. The van der Waals surface area contributed by atoms with Gasteiger partial charge in [0, 0.05) is 12.2 Å². The summed E-state index contributed by atoms with van der Waals surface area (Å²) >= 11 is 5.98. The molecule has 0 unspecified atom stereocenters. The lowest BCUT2D eigenvalue weighted by molar-refractivity contribution is 0.0698. The lowest BCUT2D eigenvalue weighted by Gasteiger charge is -2.12. The second-order valence-electron chi connectivity index (χ2n) is 4.05. The van der Waals surface area contributed by atoms with Crippen LogP contribution in [0.2, 0.25) is 5.02 Å². The van der Waals surface area contributed by atoms with Crippen molar-refractivity contribution in [3.05, 3.63) is 22.7 Å². The molecule has 1 saturated carbocycles. The minimum atomic E-state index is -1.02. The van der Waals surface area contributed by atoms with Crippen LogP contribution in [0.15, 0.2) is 12.1 Å². The SMILES string of the molecule is Nc1cc(Cl)c(NCC2CC2)c(C(=O)O)c1. The molecule has 0 atom stereocenters. The molecule has 0 saturated heterocycles. The number of nitrogens with two attached hydrogens (primary N) is 1. The molecule has 2 rings (SSSR count). The number of nitrogen functional groups attached to an aromatic ring is 1. The molecule has 4 N–H and O–H groups in total. The zero-order valence-corrected chi connectivity index (χ0v) is 9.42. The van der Waals surface area contributed by atoms with Crippen LogP contribution >= 0.6 is 11.6 Å². The van der Waals surface area contributed by atoms with Gasteiger partial charge in [0.05, 0.1) is 16.3 Å². The van der Waals surface area contributed by atoms with Crippen LogP contribution < -0.4 is 11.1 Å². The largest absolute Gasteiger partial charge is 0.478 e. The molecule has 0 spiro atoms. The van der Waals surface area contributed by atoms with Gasteiger partial charge in [0.2, 0.25) is 0 Å². The minimum absolute atomic E-state index is 0.130. The topological polar surface area (TPSA) is 75.3 Å². The van der Waals surface area contributed by atoms with Crippen LogP contribution in [0.1, 0.15) is 23.2 Å². The molecule has 1 aliphatic carbocycles. The lowest BCUT2D eigenvalue weighted by atomic mass is 10.1. The normalized spacial score (nSPS) is 14.8. The van der Waals surface area contributed by atoms with E-state index in [2.05, 4.69) is 5.32 Å². The molecule has 1 aliphatic rings. The maximum absolute atomic E-state index is 11.0. The second kappa shape index (κ2) is 4.22. The molecule has 4 nitrogen and oxygen atoms in total. The van der Waals surface area contributed by atoms with E-state index in [0.717, 1.165) is 6.54 Å². The van der Waals surface area contributed by atoms with Gasteiger partial charge in [-0.1, -0.05) is 11.6 Å². The summed E-state index contributed by atoms with van der Waals surface area (Å²) in [6.45, 7) is 0.768. The van der Waals surface area contributed by atoms with E-state index in [4.69, 9.17) is 22.4 Å². The number of carbonyl (C=O) groups is 1. The third-order valence-electron chi connectivity index (χ3n) is 2.61. The average molecular weight is 241 g/mol. The predicted molar refractivity (Wildman–Crippen MR) is 64.0 cm³/mol. The minimum Gasteiger partial charge on any atom is -0.478 e. The molecule has 0 radical (unpaired) electrons. The van der Waals surface area contributed by atoms with Crippen molar-refractivity contribution in [3.63, 3.8) is 0 Å². The van der Waals surface area contributed by atoms with Crippen LogP contribution in [0.25, 0.3) is 0 Å². The van der Waals surface area contributed by atoms with Crippen molar-refractivity contribution >= 4 is 28.9 Å². The van der Waals surface area contributed by atoms with E-state index in [1.165, 1.54) is 18.9 Å². The van der Waals surface area contributed by atoms with Crippen molar-refractivity contribution in [1.29, 1.82) is 0 Å². The quantitative estimate of drug-likeness (QED) is 0.707. The van der Waals surface area contributed by atoms with Crippen molar-refractivity contribution in [2.45, 2.75) is 12.8 Å². The van der Waals surface area contributed by atoms with Gasteiger partial charge in [-0.2, -0.15) is 0 Å². The number of rotatable bonds is 4. The Labute approximate surface area is 98.4 Å². The first-order valence-corrected chi connectivity index (χ1v) is 5.52. The summed E-state index contributed by atoms with van der Waals surface area (Å²) < 4.78 is 0. The Morgan fingerprint density at radius 3 is 2.81 bits per heavy atom. The van der Waals surface area contributed by atoms with E-state index in [0.29, 0.717) is 22.3 Å². The van der Waals surface area contributed by atoms with Gasteiger partial charge in [-0.25, -0.2) is 4.79 Å². The van der Waals surface area contributed by atoms with E-state index >= 15 is 0 Å². The first-order valence-electron chi connectivity index (χ1n) is 5.14. The highest BCUT2D eigenvalue weighted by atomic mass is 35.5. The Bertz CT molecular complexity index is 430. The lowest BCUT2D eigenvalue weighted by Crippen LogP contribution is -2.10. The van der Waals surface area contributed by atoms with E-state index in [9.17, 15) is 4.79 Å².